The third-order valence-corrected chi connectivity index (χ3v) is 7.87. The van der Waals surface area contributed by atoms with Crippen LogP contribution in [0.5, 0.6) is 5.75 Å². The van der Waals surface area contributed by atoms with E-state index in [4.69, 9.17) is 9.47 Å². The van der Waals surface area contributed by atoms with Crippen LogP contribution in [-0.2, 0) is 16.0 Å². The predicted molar refractivity (Wildman–Crippen MR) is 126 cm³/mol. The Balaban J connectivity index is 1.43. The van der Waals surface area contributed by atoms with Crippen molar-refractivity contribution >= 4 is 5.91 Å². The van der Waals surface area contributed by atoms with E-state index in [1.165, 1.54) is 28.7 Å². The molecule has 0 spiro atoms. The van der Waals surface area contributed by atoms with Crippen molar-refractivity contribution in [3.63, 3.8) is 0 Å². The molecule has 5 heteroatoms. The summed E-state index contributed by atoms with van der Waals surface area (Å²) in [5.74, 6) is 2.96. The molecule has 4 aliphatic rings. The van der Waals surface area contributed by atoms with Crippen LogP contribution in [0.15, 0.2) is 23.3 Å². The number of methoxy groups -OCH3 is 1. The number of fused-ring (bicyclic) bond motifs is 3. The van der Waals surface area contributed by atoms with Gasteiger partial charge in [0.2, 0.25) is 0 Å². The number of nitrogens with zero attached hydrogens (tertiary/aromatic N) is 2. The van der Waals surface area contributed by atoms with Crippen LogP contribution < -0.4 is 4.74 Å². The summed E-state index contributed by atoms with van der Waals surface area (Å²) in [5, 5.41) is 0. The zero-order valence-corrected chi connectivity index (χ0v) is 20.0. The lowest BCUT2D eigenvalue weighted by atomic mass is 9.73. The van der Waals surface area contributed by atoms with Crippen LogP contribution >= 0.6 is 0 Å². The second-order valence-electron chi connectivity index (χ2n) is 10.4. The highest BCUT2D eigenvalue weighted by Crippen LogP contribution is 2.51. The molecule has 0 N–H and O–H groups in total. The number of rotatable bonds is 5. The minimum absolute atomic E-state index is 0.218. The minimum atomic E-state index is 0.218. The van der Waals surface area contributed by atoms with Crippen molar-refractivity contribution in [1.29, 1.82) is 0 Å². The number of benzene rings is 1. The standard InChI is InChI=1S/C27H37N2O3/c1-17(2)11-20-16-29-6-5-19-12-18(3)26(31-4)15-22(19)25(29)14-21(20)23-13-24(23)27(30)28-7-9-32-10-8-28/h12-13,15,17,20-21,25H,5-11,14,16H2,1-4H3. The Morgan fingerprint density at radius 1 is 1.22 bits per heavy atom. The predicted octanol–water partition coefficient (Wildman–Crippen LogP) is 3.96. The topological polar surface area (TPSA) is 42.0 Å². The van der Waals surface area contributed by atoms with Crippen LogP contribution in [0.1, 0.15) is 49.4 Å². The molecular weight excluding hydrogens is 400 g/mol. The number of aryl methyl sites for hydroxylation is 1. The minimum Gasteiger partial charge on any atom is -0.496 e. The summed E-state index contributed by atoms with van der Waals surface area (Å²) < 4.78 is 11.1. The molecule has 1 radical (unpaired) electrons. The Morgan fingerprint density at radius 3 is 2.72 bits per heavy atom. The number of carbonyl (C=O) groups excluding carboxylic acids is 1. The Morgan fingerprint density at radius 2 is 2.00 bits per heavy atom. The van der Waals surface area contributed by atoms with Crippen molar-refractivity contribution < 1.29 is 14.3 Å². The van der Waals surface area contributed by atoms with Crippen molar-refractivity contribution in [3.8, 4) is 5.75 Å². The fourth-order valence-corrected chi connectivity index (χ4v) is 6.26. The van der Waals surface area contributed by atoms with Gasteiger partial charge in [-0.05, 0) is 72.3 Å². The molecule has 173 valence electrons. The molecule has 3 unspecified atom stereocenters. The van der Waals surface area contributed by atoms with E-state index in [0.29, 0.717) is 50.1 Å². The summed E-state index contributed by atoms with van der Waals surface area (Å²) in [7, 11) is 1.77. The van der Waals surface area contributed by atoms with Crippen LogP contribution in [0, 0.1) is 31.1 Å². The van der Waals surface area contributed by atoms with Crippen molar-refractivity contribution in [1.82, 2.24) is 9.80 Å². The molecule has 1 aromatic carbocycles. The van der Waals surface area contributed by atoms with Crippen molar-refractivity contribution in [3.05, 3.63) is 46.4 Å². The molecule has 1 aliphatic carbocycles. The van der Waals surface area contributed by atoms with Crippen molar-refractivity contribution in [2.75, 3.05) is 46.5 Å². The van der Waals surface area contributed by atoms with Gasteiger partial charge in [0.15, 0.2) is 0 Å². The Kier molecular flexibility index (Phi) is 6.06. The molecular formula is C27H37N2O3. The second kappa shape index (κ2) is 8.83. The maximum atomic E-state index is 13.1. The van der Waals surface area contributed by atoms with E-state index in [9.17, 15) is 4.79 Å². The third kappa shape index (κ3) is 4.10. The molecule has 1 aromatic rings. The highest BCUT2D eigenvalue weighted by Gasteiger charge is 2.46. The maximum absolute atomic E-state index is 13.1. The van der Waals surface area contributed by atoms with Gasteiger partial charge in [-0.15, -0.1) is 0 Å². The van der Waals surface area contributed by atoms with Gasteiger partial charge in [0.05, 0.1) is 20.3 Å². The zero-order valence-electron chi connectivity index (χ0n) is 20.0. The molecule has 3 aliphatic heterocycles. The molecule has 5 rings (SSSR count). The van der Waals surface area contributed by atoms with Crippen molar-refractivity contribution in [2.45, 2.75) is 46.1 Å². The zero-order chi connectivity index (χ0) is 22.4. The van der Waals surface area contributed by atoms with E-state index in [2.05, 4.69) is 44.2 Å². The molecule has 2 fully saturated rings. The first-order valence-corrected chi connectivity index (χ1v) is 12.3. The number of hydrogen-bond acceptors (Lipinski definition) is 4. The van der Waals surface area contributed by atoms with E-state index in [-0.39, 0.29) is 5.91 Å². The van der Waals surface area contributed by atoms with Gasteiger partial charge in [-0.1, -0.05) is 19.9 Å². The Bertz CT molecular complexity index is 916. The van der Waals surface area contributed by atoms with E-state index in [0.717, 1.165) is 37.3 Å². The largest absolute Gasteiger partial charge is 0.496 e. The second-order valence-corrected chi connectivity index (χ2v) is 10.4. The summed E-state index contributed by atoms with van der Waals surface area (Å²) in [5.41, 5.74) is 6.45. The monoisotopic (exact) mass is 437 g/mol. The van der Waals surface area contributed by atoms with E-state index >= 15 is 0 Å². The number of amides is 1. The molecule has 0 aromatic heterocycles. The van der Waals surface area contributed by atoms with Crippen LogP contribution in [0.3, 0.4) is 0 Å². The lowest BCUT2D eigenvalue weighted by Gasteiger charge is -2.47. The van der Waals surface area contributed by atoms with Crippen LogP contribution in [0.2, 0.25) is 0 Å². The summed E-state index contributed by atoms with van der Waals surface area (Å²) >= 11 is 0. The van der Waals surface area contributed by atoms with E-state index in [1.54, 1.807) is 7.11 Å². The highest BCUT2D eigenvalue weighted by atomic mass is 16.5. The Labute approximate surface area is 192 Å². The molecule has 5 nitrogen and oxygen atoms in total. The van der Waals surface area contributed by atoms with Gasteiger partial charge in [-0.3, -0.25) is 9.69 Å². The average Bonchev–Trinajstić information content (AvgIpc) is 3.58. The third-order valence-electron chi connectivity index (χ3n) is 7.87. The lowest BCUT2D eigenvalue weighted by molar-refractivity contribution is -0.130. The number of hydrogen-bond donors (Lipinski definition) is 0. The van der Waals surface area contributed by atoms with Crippen LogP contribution in [0.4, 0.5) is 0 Å². The van der Waals surface area contributed by atoms with Gasteiger partial charge in [0, 0.05) is 44.2 Å². The van der Waals surface area contributed by atoms with Gasteiger partial charge in [0.25, 0.3) is 5.91 Å². The number of carbonyl (C=O) groups is 1. The summed E-state index contributed by atoms with van der Waals surface area (Å²) in [6, 6.07) is 5.03. The van der Waals surface area contributed by atoms with Gasteiger partial charge < -0.3 is 14.4 Å². The first-order chi connectivity index (χ1) is 15.5. The smallest absolute Gasteiger partial charge is 0.250 e. The van der Waals surface area contributed by atoms with Crippen LogP contribution in [0.25, 0.3) is 0 Å². The summed E-state index contributed by atoms with van der Waals surface area (Å²) in [4.78, 5) is 17.8. The highest BCUT2D eigenvalue weighted by molar-refractivity contribution is 6.03. The van der Waals surface area contributed by atoms with Crippen molar-refractivity contribution in [2.24, 2.45) is 17.8 Å². The van der Waals surface area contributed by atoms with Gasteiger partial charge in [-0.2, -0.15) is 0 Å². The number of piperidine rings is 1. The average molecular weight is 438 g/mol. The molecule has 0 saturated carbocycles. The molecule has 0 bridgehead atoms. The quantitative estimate of drug-likeness (QED) is 0.699. The number of morpholine rings is 1. The lowest BCUT2D eigenvalue weighted by Crippen LogP contribution is -2.46. The Hall–Kier alpha value is -1.85. The number of ether oxygens (including phenoxy) is 2. The van der Waals surface area contributed by atoms with Gasteiger partial charge in [0.1, 0.15) is 5.75 Å². The summed E-state index contributed by atoms with van der Waals surface area (Å²) in [6.45, 7) is 11.8. The van der Waals surface area contributed by atoms with Gasteiger partial charge in [-0.25, -0.2) is 0 Å². The fraction of sp³-hybridized carbons (Fsp3) is 0.630. The first-order valence-electron chi connectivity index (χ1n) is 12.3. The molecule has 2 saturated heterocycles. The van der Waals surface area contributed by atoms with E-state index < -0.39 is 0 Å². The number of allylic oxidation sites excluding steroid dienone is 1. The van der Waals surface area contributed by atoms with Crippen LogP contribution in [-0.4, -0.2) is 62.2 Å². The molecule has 1 amide bonds. The molecule has 3 atom stereocenters. The maximum Gasteiger partial charge on any atom is 0.250 e. The van der Waals surface area contributed by atoms with E-state index in [1.807, 2.05) is 4.90 Å². The molecule has 3 heterocycles. The SMILES string of the molecule is COc1cc2c(cc1C)CCN1CC(CC(C)C)C(C3=C(C(=O)N4CCOCC4)[CH]3)CC21. The molecule has 32 heavy (non-hydrogen) atoms. The normalized spacial score (nSPS) is 27.9. The first kappa shape index (κ1) is 22.0. The fourth-order valence-electron chi connectivity index (χ4n) is 6.26. The summed E-state index contributed by atoms with van der Waals surface area (Å²) in [6.07, 6.45) is 5.62. The van der Waals surface area contributed by atoms with Gasteiger partial charge >= 0.3 is 0 Å².